The molecule has 0 atom stereocenters. The molecule has 0 spiro atoms. The maximum Gasteiger partial charge on any atom is 0.416 e. The van der Waals surface area contributed by atoms with E-state index in [2.05, 4.69) is 5.32 Å². The molecule has 1 fully saturated rings. The number of halogens is 4. The molecule has 1 aromatic rings. The summed E-state index contributed by atoms with van der Waals surface area (Å²) in [6.45, 7) is 0.582. The highest BCUT2D eigenvalue weighted by atomic mass is 19.4. The zero-order chi connectivity index (χ0) is 13.4. The van der Waals surface area contributed by atoms with Crippen LogP contribution in [-0.4, -0.2) is 19.8 Å². The van der Waals surface area contributed by atoms with E-state index in [0.29, 0.717) is 19.4 Å². The van der Waals surface area contributed by atoms with Gasteiger partial charge in [0.2, 0.25) is 0 Å². The van der Waals surface area contributed by atoms with Gasteiger partial charge in [-0.15, -0.1) is 0 Å². The molecular weight excluding hydrogens is 246 g/mol. The number of nitrogens with one attached hydrogen (secondary N) is 1. The highest BCUT2D eigenvalue weighted by molar-refractivity contribution is 5.33. The summed E-state index contributed by atoms with van der Waals surface area (Å²) >= 11 is 0. The molecule has 0 aliphatic heterocycles. The van der Waals surface area contributed by atoms with Crippen LogP contribution in [0.25, 0.3) is 0 Å². The van der Waals surface area contributed by atoms with Gasteiger partial charge in [0.05, 0.1) is 5.56 Å². The summed E-state index contributed by atoms with van der Waals surface area (Å²) in [4.78, 5) is 0. The molecule has 1 saturated carbocycles. The van der Waals surface area contributed by atoms with Gasteiger partial charge < -0.3 is 5.32 Å². The molecule has 0 saturated heterocycles. The summed E-state index contributed by atoms with van der Waals surface area (Å²) in [5, 5.41) is 2.99. The fraction of sp³-hybridized carbons (Fsp3) is 0.538. The lowest BCUT2D eigenvalue weighted by Gasteiger charge is -2.45. The predicted octanol–water partition coefficient (Wildman–Crippen LogP) is 3.29. The quantitative estimate of drug-likeness (QED) is 0.823. The lowest BCUT2D eigenvalue weighted by Crippen LogP contribution is -2.49. The van der Waals surface area contributed by atoms with Crippen LogP contribution in [0.1, 0.15) is 24.0 Å². The van der Waals surface area contributed by atoms with E-state index in [-0.39, 0.29) is 5.41 Å². The zero-order valence-corrected chi connectivity index (χ0v) is 10.0. The maximum atomic E-state index is 13.1. The number of hydrogen-bond donors (Lipinski definition) is 1. The van der Waals surface area contributed by atoms with E-state index in [1.807, 2.05) is 0 Å². The average Bonchev–Trinajstić information content (AvgIpc) is 2.26. The first-order chi connectivity index (χ1) is 8.37. The number of likely N-dealkylation sites (N-methyl/N-ethyl adjacent to an activating group) is 1. The SMILES string of the molecule is CNCC1(c2ccc(C(F)(F)F)cc2)CC(F)C1. The monoisotopic (exact) mass is 261 g/mol. The molecule has 1 aliphatic rings. The third kappa shape index (κ3) is 2.36. The maximum absolute atomic E-state index is 13.1. The molecule has 0 bridgehead atoms. The molecule has 100 valence electrons. The molecule has 5 heteroatoms. The Morgan fingerprint density at radius 1 is 1.22 bits per heavy atom. The van der Waals surface area contributed by atoms with E-state index in [1.165, 1.54) is 12.1 Å². The van der Waals surface area contributed by atoms with Crippen LogP contribution in [-0.2, 0) is 11.6 Å². The normalized spacial score (nSPS) is 27.9. The van der Waals surface area contributed by atoms with Crippen molar-refractivity contribution in [2.24, 2.45) is 0 Å². The van der Waals surface area contributed by atoms with Gasteiger partial charge in [-0.2, -0.15) is 13.2 Å². The molecule has 0 amide bonds. The van der Waals surface area contributed by atoms with Crippen molar-refractivity contribution >= 4 is 0 Å². The highest BCUT2D eigenvalue weighted by Crippen LogP contribution is 2.45. The second kappa shape index (κ2) is 4.53. The number of hydrogen-bond acceptors (Lipinski definition) is 1. The van der Waals surface area contributed by atoms with Crippen LogP contribution >= 0.6 is 0 Å². The van der Waals surface area contributed by atoms with E-state index in [0.717, 1.165) is 17.7 Å². The molecular formula is C13H15F4N. The van der Waals surface area contributed by atoms with Crippen molar-refractivity contribution in [2.75, 3.05) is 13.6 Å². The standard InChI is InChI=1S/C13H15F4N/c1-18-8-12(6-11(14)7-12)9-2-4-10(5-3-9)13(15,16)17/h2-5,11,18H,6-8H2,1H3. The first-order valence-corrected chi connectivity index (χ1v) is 5.84. The largest absolute Gasteiger partial charge is 0.416 e. The van der Waals surface area contributed by atoms with E-state index >= 15 is 0 Å². The molecule has 0 radical (unpaired) electrons. The second-order valence-electron chi connectivity index (χ2n) is 4.89. The van der Waals surface area contributed by atoms with Crippen molar-refractivity contribution in [1.82, 2.24) is 5.32 Å². The van der Waals surface area contributed by atoms with Gasteiger partial charge in [0.1, 0.15) is 6.17 Å². The summed E-state index contributed by atoms with van der Waals surface area (Å²) in [5.41, 5.74) is -0.237. The van der Waals surface area contributed by atoms with E-state index in [1.54, 1.807) is 7.05 Å². The molecule has 0 unspecified atom stereocenters. The zero-order valence-electron chi connectivity index (χ0n) is 10.0. The topological polar surface area (TPSA) is 12.0 Å². The minimum absolute atomic E-state index is 0.349. The molecule has 0 aromatic heterocycles. The number of rotatable bonds is 3. The Labute approximate surface area is 103 Å². The Balaban J connectivity index is 2.23. The lowest BCUT2D eigenvalue weighted by molar-refractivity contribution is -0.137. The molecule has 1 nitrogen and oxygen atoms in total. The van der Waals surface area contributed by atoms with Gasteiger partial charge in [-0.25, -0.2) is 4.39 Å². The summed E-state index contributed by atoms with van der Waals surface area (Å²) < 4.78 is 50.4. The Bertz CT molecular complexity index is 398. The van der Waals surface area contributed by atoms with Crippen LogP contribution in [0.5, 0.6) is 0 Å². The van der Waals surface area contributed by atoms with Crippen molar-refractivity contribution in [1.29, 1.82) is 0 Å². The van der Waals surface area contributed by atoms with Gasteiger partial charge >= 0.3 is 6.18 Å². The van der Waals surface area contributed by atoms with Crippen molar-refractivity contribution < 1.29 is 17.6 Å². The first-order valence-electron chi connectivity index (χ1n) is 5.84. The van der Waals surface area contributed by atoms with Crippen molar-refractivity contribution in [3.63, 3.8) is 0 Å². The molecule has 1 N–H and O–H groups in total. The third-order valence-electron chi connectivity index (χ3n) is 3.56. The molecule has 1 aliphatic carbocycles. The summed E-state index contributed by atoms with van der Waals surface area (Å²) in [6, 6.07) is 5.06. The van der Waals surface area contributed by atoms with Gasteiger partial charge in [-0.05, 0) is 37.6 Å². The van der Waals surface area contributed by atoms with Gasteiger partial charge in [-0.3, -0.25) is 0 Å². The Morgan fingerprint density at radius 3 is 2.17 bits per heavy atom. The Morgan fingerprint density at radius 2 is 1.78 bits per heavy atom. The Kier molecular flexibility index (Phi) is 3.36. The molecule has 2 rings (SSSR count). The second-order valence-corrected chi connectivity index (χ2v) is 4.89. The minimum Gasteiger partial charge on any atom is -0.319 e. The molecule has 18 heavy (non-hydrogen) atoms. The third-order valence-corrected chi connectivity index (χ3v) is 3.56. The minimum atomic E-state index is -4.32. The fourth-order valence-corrected chi connectivity index (χ4v) is 2.62. The van der Waals surface area contributed by atoms with Crippen LogP contribution in [0.3, 0.4) is 0 Å². The summed E-state index contributed by atoms with van der Waals surface area (Å²) in [5.74, 6) is 0. The van der Waals surface area contributed by atoms with Crippen LogP contribution < -0.4 is 5.32 Å². The number of benzene rings is 1. The van der Waals surface area contributed by atoms with Crippen LogP contribution in [0, 0.1) is 0 Å². The molecule has 0 heterocycles. The van der Waals surface area contributed by atoms with Crippen molar-refractivity contribution in [3.8, 4) is 0 Å². The van der Waals surface area contributed by atoms with Gasteiger partial charge in [0.25, 0.3) is 0 Å². The lowest BCUT2D eigenvalue weighted by atomic mass is 9.63. The van der Waals surface area contributed by atoms with Crippen molar-refractivity contribution in [2.45, 2.75) is 30.6 Å². The summed E-state index contributed by atoms with van der Waals surface area (Å²) in [7, 11) is 1.76. The first kappa shape index (κ1) is 13.3. The van der Waals surface area contributed by atoms with E-state index < -0.39 is 17.9 Å². The van der Waals surface area contributed by atoms with E-state index in [4.69, 9.17) is 0 Å². The molecule has 1 aromatic carbocycles. The summed E-state index contributed by atoms with van der Waals surface area (Å²) in [6.07, 6.45) is -4.42. The van der Waals surface area contributed by atoms with Gasteiger partial charge in [0.15, 0.2) is 0 Å². The highest BCUT2D eigenvalue weighted by Gasteiger charge is 2.45. The predicted molar refractivity (Wildman–Crippen MR) is 61.2 cm³/mol. The van der Waals surface area contributed by atoms with Gasteiger partial charge in [-0.1, -0.05) is 12.1 Å². The smallest absolute Gasteiger partial charge is 0.319 e. The van der Waals surface area contributed by atoms with Gasteiger partial charge in [0, 0.05) is 12.0 Å². The van der Waals surface area contributed by atoms with Crippen LogP contribution in [0.15, 0.2) is 24.3 Å². The van der Waals surface area contributed by atoms with E-state index in [9.17, 15) is 17.6 Å². The fourth-order valence-electron chi connectivity index (χ4n) is 2.62. The number of alkyl halides is 4. The Hall–Kier alpha value is -1.10. The van der Waals surface area contributed by atoms with Crippen molar-refractivity contribution in [3.05, 3.63) is 35.4 Å². The van der Waals surface area contributed by atoms with Crippen LogP contribution in [0.2, 0.25) is 0 Å². The average molecular weight is 261 g/mol. The van der Waals surface area contributed by atoms with Crippen LogP contribution in [0.4, 0.5) is 17.6 Å².